The summed E-state index contributed by atoms with van der Waals surface area (Å²) in [5.41, 5.74) is 2.73. The predicted molar refractivity (Wildman–Crippen MR) is 143 cm³/mol. The summed E-state index contributed by atoms with van der Waals surface area (Å²) in [5, 5.41) is 14.4. The fraction of sp³-hybridized carbons (Fsp3) is 0.407. The molecule has 4 aromatic heterocycles. The average molecular weight is 531 g/mol. The minimum Gasteiger partial charge on any atom is -0.341 e. The van der Waals surface area contributed by atoms with Crippen LogP contribution in [0, 0.1) is 25.1 Å². The first-order chi connectivity index (χ1) is 18.8. The van der Waals surface area contributed by atoms with Crippen molar-refractivity contribution < 1.29 is 9.18 Å². The first-order valence-corrected chi connectivity index (χ1v) is 13.1. The molecule has 202 valence electrons. The smallest absolute Gasteiger partial charge is 0.227 e. The first kappa shape index (κ1) is 25.0. The van der Waals surface area contributed by atoms with Crippen molar-refractivity contribution in [2.45, 2.75) is 46.1 Å². The molecule has 1 atom stereocenters. The Morgan fingerprint density at radius 3 is 2.59 bits per heavy atom. The lowest BCUT2D eigenvalue weighted by Gasteiger charge is -2.39. The molecule has 0 saturated carbocycles. The summed E-state index contributed by atoms with van der Waals surface area (Å²) in [5.74, 6) is 2.40. The highest BCUT2D eigenvalue weighted by Gasteiger charge is 2.46. The number of pyridine rings is 1. The highest BCUT2D eigenvalue weighted by molar-refractivity contribution is 5.80. The summed E-state index contributed by atoms with van der Waals surface area (Å²) in [4.78, 5) is 31.2. The van der Waals surface area contributed by atoms with Crippen LogP contribution in [0.15, 0.2) is 42.9 Å². The van der Waals surface area contributed by atoms with Gasteiger partial charge in [-0.25, -0.2) is 19.0 Å². The SMILES string of the molecule is Cc1cc(Nc2cc(C)[nH]n2)nc(N2CCC3(CC2)CC(=O)N([C@@H](C)c2ccc(-n4cc(F)cn4)nc2)C3)n1. The molecule has 1 amide bonds. The topological polar surface area (TPSA) is 121 Å². The highest BCUT2D eigenvalue weighted by Crippen LogP contribution is 2.44. The van der Waals surface area contributed by atoms with Crippen molar-refractivity contribution in [3.05, 3.63) is 65.6 Å². The number of H-pyrrole nitrogens is 1. The van der Waals surface area contributed by atoms with E-state index in [2.05, 4.69) is 35.5 Å². The maximum atomic E-state index is 13.3. The molecule has 12 heteroatoms. The molecule has 0 aromatic carbocycles. The molecule has 6 heterocycles. The van der Waals surface area contributed by atoms with Gasteiger partial charge in [-0.2, -0.15) is 15.2 Å². The molecule has 2 saturated heterocycles. The minimum absolute atomic E-state index is 0.0563. The van der Waals surface area contributed by atoms with Gasteiger partial charge in [-0.15, -0.1) is 0 Å². The third-order valence-electron chi connectivity index (χ3n) is 7.77. The number of carbonyl (C=O) groups excluding carboxylic acids is 1. The van der Waals surface area contributed by atoms with Crippen molar-refractivity contribution in [3.63, 3.8) is 0 Å². The molecule has 2 N–H and O–H groups in total. The Kier molecular flexibility index (Phi) is 6.24. The number of likely N-dealkylation sites (tertiary alicyclic amines) is 1. The van der Waals surface area contributed by atoms with Gasteiger partial charge in [-0.3, -0.25) is 9.89 Å². The summed E-state index contributed by atoms with van der Waals surface area (Å²) in [6.45, 7) is 8.24. The number of rotatable bonds is 6. The van der Waals surface area contributed by atoms with Gasteiger partial charge in [0.1, 0.15) is 5.82 Å². The van der Waals surface area contributed by atoms with Crippen LogP contribution in [0.1, 0.15) is 49.2 Å². The van der Waals surface area contributed by atoms with Gasteiger partial charge in [-0.05, 0) is 45.2 Å². The summed E-state index contributed by atoms with van der Waals surface area (Å²) in [7, 11) is 0. The molecule has 0 aliphatic carbocycles. The van der Waals surface area contributed by atoms with E-state index in [9.17, 15) is 9.18 Å². The zero-order valence-electron chi connectivity index (χ0n) is 22.2. The van der Waals surface area contributed by atoms with Crippen LogP contribution in [-0.4, -0.2) is 65.4 Å². The highest BCUT2D eigenvalue weighted by atomic mass is 19.1. The van der Waals surface area contributed by atoms with Gasteiger partial charge in [-0.1, -0.05) is 6.07 Å². The lowest BCUT2D eigenvalue weighted by molar-refractivity contribution is -0.129. The second-order valence-corrected chi connectivity index (χ2v) is 10.7. The molecule has 11 nitrogen and oxygen atoms in total. The maximum absolute atomic E-state index is 13.3. The average Bonchev–Trinajstić information content (AvgIpc) is 3.62. The Bertz CT molecular complexity index is 1490. The van der Waals surface area contributed by atoms with Crippen LogP contribution in [0.3, 0.4) is 0 Å². The van der Waals surface area contributed by atoms with Gasteiger partial charge in [0.05, 0.1) is 18.4 Å². The number of aromatic nitrogens is 7. The van der Waals surface area contributed by atoms with Gasteiger partial charge in [0.25, 0.3) is 0 Å². The van der Waals surface area contributed by atoms with E-state index in [-0.39, 0.29) is 17.4 Å². The molecule has 39 heavy (non-hydrogen) atoms. The van der Waals surface area contributed by atoms with E-state index in [0.29, 0.717) is 36.4 Å². The number of hydrogen-bond donors (Lipinski definition) is 2. The van der Waals surface area contributed by atoms with Crippen molar-refractivity contribution in [3.8, 4) is 5.82 Å². The second-order valence-electron chi connectivity index (χ2n) is 10.7. The summed E-state index contributed by atoms with van der Waals surface area (Å²) >= 11 is 0. The van der Waals surface area contributed by atoms with Crippen LogP contribution in [-0.2, 0) is 4.79 Å². The zero-order valence-corrected chi connectivity index (χ0v) is 22.2. The zero-order chi connectivity index (χ0) is 27.1. The Labute approximate surface area is 225 Å². The van der Waals surface area contributed by atoms with Crippen molar-refractivity contribution in [2.24, 2.45) is 5.41 Å². The van der Waals surface area contributed by atoms with E-state index in [1.165, 1.54) is 10.9 Å². The molecule has 0 bridgehead atoms. The second kappa shape index (κ2) is 9.75. The van der Waals surface area contributed by atoms with E-state index in [1.54, 1.807) is 12.3 Å². The molecule has 0 unspecified atom stereocenters. The fourth-order valence-electron chi connectivity index (χ4n) is 5.55. The largest absolute Gasteiger partial charge is 0.341 e. The van der Waals surface area contributed by atoms with Gasteiger partial charge < -0.3 is 15.1 Å². The van der Waals surface area contributed by atoms with Gasteiger partial charge >= 0.3 is 0 Å². The van der Waals surface area contributed by atoms with Gasteiger partial charge in [0.15, 0.2) is 17.5 Å². The number of halogens is 1. The molecule has 2 fully saturated rings. The fourth-order valence-corrected chi connectivity index (χ4v) is 5.55. The number of piperidine rings is 1. The van der Waals surface area contributed by atoms with Crippen molar-refractivity contribution in [1.29, 1.82) is 0 Å². The van der Waals surface area contributed by atoms with Crippen LogP contribution >= 0.6 is 0 Å². The lowest BCUT2D eigenvalue weighted by atomic mass is 9.77. The number of aryl methyl sites for hydroxylation is 2. The van der Waals surface area contributed by atoms with E-state index in [0.717, 1.165) is 49.1 Å². The van der Waals surface area contributed by atoms with E-state index in [1.807, 2.05) is 43.9 Å². The van der Waals surface area contributed by atoms with Crippen molar-refractivity contribution >= 4 is 23.5 Å². The number of nitrogens with zero attached hydrogens (tertiary/aromatic N) is 8. The number of carbonyl (C=O) groups is 1. The standard InChI is InChI=1S/C27H31FN10O/c1-17-10-22(32-23-11-18(2)34-35-23)33-26(31-17)36-8-6-27(7-9-36)12-25(39)37(16-27)19(3)20-4-5-24(29-13-20)38-15-21(28)14-30-38/h4-5,10-11,13-15,19H,6-9,12,16H2,1-3H3,(H2,31,32,33,34,35)/t19-/m0/s1. The van der Waals surface area contributed by atoms with Gasteiger partial charge in [0.2, 0.25) is 11.9 Å². The van der Waals surface area contributed by atoms with Crippen LogP contribution < -0.4 is 10.2 Å². The van der Waals surface area contributed by atoms with Crippen molar-refractivity contribution in [1.82, 2.24) is 39.8 Å². The Hall–Kier alpha value is -4.35. The van der Waals surface area contributed by atoms with Crippen LogP contribution in [0.2, 0.25) is 0 Å². The van der Waals surface area contributed by atoms with Crippen molar-refractivity contribution in [2.75, 3.05) is 29.9 Å². The first-order valence-electron chi connectivity index (χ1n) is 13.1. The maximum Gasteiger partial charge on any atom is 0.227 e. The number of nitrogens with one attached hydrogen (secondary N) is 2. The summed E-state index contributed by atoms with van der Waals surface area (Å²) < 4.78 is 14.7. The lowest BCUT2D eigenvalue weighted by Crippen LogP contribution is -2.42. The summed E-state index contributed by atoms with van der Waals surface area (Å²) in [6.07, 6.45) is 6.50. The van der Waals surface area contributed by atoms with Crippen LogP contribution in [0.5, 0.6) is 0 Å². The minimum atomic E-state index is -0.414. The van der Waals surface area contributed by atoms with E-state index in [4.69, 9.17) is 4.98 Å². The summed E-state index contributed by atoms with van der Waals surface area (Å²) in [6, 6.07) is 7.45. The monoisotopic (exact) mass is 530 g/mol. The van der Waals surface area contributed by atoms with Crippen LogP contribution in [0.4, 0.5) is 22.0 Å². The molecule has 4 aromatic rings. The number of hydrogen-bond acceptors (Lipinski definition) is 8. The van der Waals surface area contributed by atoms with Gasteiger partial charge in [0, 0.05) is 61.2 Å². The molecule has 2 aliphatic rings. The van der Waals surface area contributed by atoms with Crippen LogP contribution in [0.25, 0.3) is 5.82 Å². The Morgan fingerprint density at radius 2 is 1.92 bits per heavy atom. The Balaban J connectivity index is 1.11. The molecule has 6 rings (SSSR count). The quantitative estimate of drug-likeness (QED) is 0.386. The Morgan fingerprint density at radius 1 is 1.10 bits per heavy atom. The van der Waals surface area contributed by atoms with E-state index < -0.39 is 5.82 Å². The normalized spacial score (nSPS) is 17.7. The van der Waals surface area contributed by atoms with E-state index >= 15 is 0 Å². The third kappa shape index (κ3) is 5.06. The number of aromatic amines is 1. The number of anilines is 3. The molecule has 1 spiro atoms. The number of amides is 1. The third-order valence-corrected chi connectivity index (χ3v) is 7.77. The molecule has 2 aliphatic heterocycles. The molecule has 0 radical (unpaired) electrons. The molecular formula is C27H31FN10O. The molecular weight excluding hydrogens is 499 g/mol. The predicted octanol–water partition coefficient (Wildman–Crippen LogP) is 3.86.